The van der Waals surface area contributed by atoms with Crippen molar-refractivity contribution < 1.29 is 23.9 Å². The molecule has 0 heterocycles. The number of carbonyl (C=O) groups excluding carboxylic acids is 4. The van der Waals surface area contributed by atoms with Gasteiger partial charge in [0.25, 0.3) is 5.41 Å². The van der Waals surface area contributed by atoms with Crippen molar-refractivity contribution in [1.29, 1.82) is 0 Å². The minimum atomic E-state index is -2.58. The SMILES string of the molecule is CC(=O)C(C(=O)OC1CC(C)CCC1C(C)C)(C(=O)c1ccccc1)C(=O)c1ccccc1. The first-order valence-electron chi connectivity index (χ1n) is 11.6. The van der Waals surface area contributed by atoms with Gasteiger partial charge in [0, 0.05) is 11.1 Å². The predicted molar refractivity (Wildman–Crippen MR) is 126 cm³/mol. The molecule has 1 aliphatic carbocycles. The summed E-state index contributed by atoms with van der Waals surface area (Å²) in [4.78, 5) is 54.4. The zero-order valence-electron chi connectivity index (χ0n) is 19.7. The van der Waals surface area contributed by atoms with E-state index in [1.165, 1.54) is 24.3 Å². The third kappa shape index (κ3) is 4.82. The maximum Gasteiger partial charge on any atom is 0.336 e. The Morgan fingerprint density at radius 3 is 1.76 bits per heavy atom. The number of ketones is 3. The Balaban J connectivity index is 2.10. The average Bonchev–Trinajstić information content (AvgIpc) is 2.80. The zero-order chi connectivity index (χ0) is 24.2. The molecule has 2 aromatic rings. The molecule has 174 valence electrons. The van der Waals surface area contributed by atoms with E-state index in [0.29, 0.717) is 12.3 Å². The third-order valence-electron chi connectivity index (χ3n) is 6.81. The fourth-order valence-corrected chi connectivity index (χ4v) is 4.84. The van der Waals surface area contributed by atoms with Crippen LogP contribution in [0.2, 0.25) is 0 Å². The van der Waals surface area contributed by atoms with Gasteiger partial charge >= 0.3 is 5.97 Å². The van der Waals surface area contributed by atoms with Crippen LogP contribution in [0.3, 0.4) is 0 Å². The molecule has 33 heavy (non-hydrogen) atoms. The van der Waals surface area contributed by atoms with Crippen LogP contribution in [0, 0.1) is 23.2 Å². The van der Waals surface area contributed by atoms with Gasteiger partial charge in [-0.25, -0.2) is 4.79 Å². The minimum Gasteiger partial charge on any atom is -0.461 e. The number of Topliss-reactive ketones (excluding diaryl/α,β-unsaturated/α-hetero) is 3. The Bertz CT molecular complexity index is 958. The van der Waals surface area contributed by atoms with Crippen LogP contribution in [0.25, 0.3) is 0 Å². The summed E-state index contributed by atoms with van der Waals surface area (Å²) < 4.78 is 5.95. The lowest BCUT2D eigenvalue weighted by Crippen LogP contribution is -2.54. The Morgan fingerprint density at radius 1 is 0.848 bits per heavy atom. The number of esters is 1. The lowest BCUT2D eigenvalue weighted by atomic mass is 9.71. The Kier molecular flexibility index (Phi) is 7.62. The first kappa shape index (κ1) is 24.6. The van der Waals surface area contributed by atoms with Crippen LogP contribution in [0.5, 0.6) is 0 Å². The van der Waals surface area contributed by atoms with Gasteiger partial charge in [0.05, 0.1) is 0 Å². The molecule has 1 saturated carbocycles. The molecule has 1 fully saturated rings. The molecular formula is C28H32O5. The summed E-state index contributed by atoms with van der Waals surface area (Å²) in [7, 11) is 0. The van der Waals surface area contributed by atoms with Gasteiger partial charge in [-0.3, -0.25) is 14.4 Å². The fourth-order valence-electron chi connectivity index (χ4n) is 4.84. The number of benzene rings is 2. The van der Waals surface area contributed by atoms with Gasteiger partial charge in [0.15, 0.2) is 17.3 Å². The average molecular weight is 449 g/mol. The molecule has 0 saturated heterocycles. The molecular weight excluding hydrogens is 416 g/mol. The van der Waals surface area contributed by atoms with Gasteiger partial charge in [-0.05, 0) is 37.5 Å². The van der Waals surface area contributed by atoms with Crippen LogP contribution in [-0.4, -0.2) is 29.4 Å². The third-order valence-corrected chi connectivity index (χ3v) is 6.81. The quantitative estimate of drug-likeness (QED) is 0.310. The number of rotatable bonds is 8. The molecule has 0 radical (unpaired) electrons. The summed E-state index contributed by atoms with van der Waals surface area (Å²) in [6, 6.07) is 16.0. The van der Waals surface area contributed by atoms with E-state index in [0.717, 1.165) is 19.8 Å². The number of ether oxygens (including phenoxy) is 1. The molecule has 0 aliphatic heterocycles. The lowest BCUT2D eigenvalue weighted by molar-refractivity contribution is -0.164. The molecule has 5 nitrogen and oxygen atoms in total. The maximum absolute atomic E-state index is 13.8. The summed E-state index contributed by atoms with van der Waals surface area (Å²) in [5.74, 6) is -2.88. The second-order valence-electron chi connectivity index (χ2n) is 9.47. The van der Waals surface area contributed by atoms with Crippen molar-refractivity contribution in [2.45, 2.75) is 53.1 Å². The van der Waals surface area contributed by atoms with Crippen molar-refractivity contribution in [3.05, 3.63) is 71.8 Å². The van der Waals surface area contributed by atoms with E-state index < -0.39 is 34.8 Å². The van der Waals surface area contributed by atoms with Gasteiger partial charge in [-0.1, -0.05) is 87.9 Å². The van der Waals surface area contributed by atoms with Crippen molar-refractivity contribution in [2.24, 2.45) is 23.2 Å². The standard InChI is InChI=1S/C28H32O5/c1-18(2)23-16-15-19(3)17-24(23)33-27(32)28(20(4)29,25(30)21-11-7-5-8-12-21)26(31)22-13-9-6-10-14-22/h5-14,18-19,23-24H,15-17H2,1-4H3. The molecule has 2 aromatic carbocycles. The Labute approximate surface area is 195 Å². The molecule has 3 rings (SSSR count). The Morgan fingerprint density at radius 2 is 1.33 bits per heavy atom. The topological polar surface area (TPSA) is 77.5 Å². The minimum absolute atomic E-state index is 0.105. The van der Waals surface area contributed by atoms with E-state index in [9.17, 15) is 19.2 Å². The normalized spacial score (nSPS) is 20.8. The molecule has 1 aliphatic rings. The predicted octanol–water partition coefficient (Wildman–Crippen LogP) is 5.33. The number of hydrogen-bond acceptors (Lipinski definition) is 5. The summed E-state index contributed by atoms with van der Waals surface area (Å²) in [6.07, 6.45) is 2.11. The van der Waals surface area contributed by atoms with Crippen molar-refractivity contribution in [3.8, 4) is 0 Å². The first-order valence-corrected chi connectivity index (χ1v) is 11.6. The summed E-state index contributed by atoms with van der Waals surface area (Å²) in [5, 5.41) is 0. The largest absolute Gasteiger partial charge is 0.461 e. The molecule has 3 unspecified atom stereocenters. The number of hydrogen-bond donors (Lipinski definition) is 0. The summed E-state index contributed by atoms with van der Waals surface area (Å²) >= 11 is 0. The summed E-state index contributed by atoms with van der Waals surface area (Å²) in [6.45, 7) is 7.36. The van der Waals surface area contributed by atoms with Crippen molar-refractivity contribution >= 4 is 23.3 Å². The smallest absolute Gasteiger partial charge is 0.336 e. The Hall–Kier alpha value is -3.08. The van der Waals surface area contributed by atoms with E-state index in [1.54, 1.807) is 36.4 Å². The first-order chi connectivity index (χ1) is 15.7. The molecule has 0 bridgehead atoms. The van der Waals surface area contributed by atoms with Crippen molar-refractivity contribution in [1.82, 2.24) is 0 Å². The molecule has 0 aromatic heterocycles. The van der Waals surface area contributed by atoms with Crippen LogP contribution < -0.4 is 0 Å². The molecule has 0 spiro atoms. The fraction of sp³-hybridized carbons (Fsp3) is 0.429. The second kappa shape index (κ2) is 10.2. The van der Waals surface area contributed by atoms with E-state index in [-0.39, 0.29) is 23.0 Å². The highest BCUT2D eigenvalue weighted by Crippen LogP contribution is 2.38. The maximum atomic E-state index is 13.8. The molecule has 3 atom stereocenters. The lowest BCUT2D eigenvalue weighted by Gasteiger charge is -2.38. The van der Waals surface area contributed by atoms with Gasteiger partial charge in [-0.2, -0.15) is 0 Å². The second-order valence-corrected chi connectivity index (χ2v) is 9.47. The van der Waals surface area contributed by atoms with Gasteiger partial charge < -0.3 is 4.74 Å². The van der Waals surface area contributed by atoms with E-state index in [4.69, 9.17) is 4.74 Å². The molecule has 0 amide bonds. The van der Waals surface area contributed by atoms with Crippen LogP contribution in [-0.2, 0) is 14.3 Å². The number of carbonyl (C=O) groups is 4. The van der Waals surface area contributed by atoms with Crippen LogP contribution >= 0.6 is 0 Å². The van der Waals surface area contributed by atoms with Crippen LogP contribution in [0.1, 0.15) is 67.7 Å². The molecule has 5 heteroatoms. The highest BCUT2D eigenvalue weighted by Gasteiger charge is 2.59. The highest BCUT2D eigenvalue weighted by atomic mass is 16.5. The molecule has 0 N–H and O–H groups in total. The van der Waals surface area contributed by atoms with E-state index in [2.05, 4.69) is 20.8 Å². The van der Waals surface area contributed by atoms with Crippen LogP contribution in [0.15, 0.2) is 60.7 Å². The van der Waals surface area contributed by atoms with Gasteiger partial charge in [0.1, 0.15) is 6.10 Å². The zero-order valence-corrected chi connectivity index (χ0v) is 19.7. The van der Waals surface area contributed by atoms with Gasteiger partial charge in [0.2, 0.25) is 0 Å². The summed E-state index contributed by atoms with van der Waals surface area (Å²) in [5.41, 5.74) is -2.34. The highest BCUT2D eigenvalue weighted by molar-refractivity contribution is 6.43. The van der Waals surface area contributed by atoms with E-state index >= 15 is 0 Å². The van der Waals surface area contributed by atoms with Gasteiger partial charge in [-0.15, -0.1) is 0 Å². The van der Waals surface area contributed by atoms with Crippen molar-refractivity contribution in [3.63, 3.8) is 0 Å². The van der Waals surface area contributed by atoms with Crippen molar-refractivity contribution in [2.75, 3.05) is 0 Å². The van der Waals surface area contributed by atoms with Crippen LogP contribution in [0.4, 0.5) is 0 Å². The van der Waals surface area contributed by atoms with E-state index in [1.807, 2.05) is 0 Å². The monoisotopic (exact) mass is 448 g/mol.